The zero-order chi connectivity index (χ0) is 10.4. The van der Waals surface area contributed by atoms with Gasteiger partial charge in [0.25, 0.3) is 0 Å². The Labute approximate surface area is 85.8 Å². The van der Waals surface area contributed by atoms with Crippen LogP contribution < -0.4 is 0 Å². The number of ketones is 1. The van der Waals surface area contributed by atoms with E-state index in [-0.39, 0.29) is 0 Å². The zero-order valence-corrected chi connectivity index (χ0v) is 9.31. The minimum absolute atomic E-state index is 0.424. The number of Topliss-reactive ketones (excluding diaryl/α,β-unsaturated/α-hetero) is 1. The molecule has 0 aromatic carbocycles. The molecule has 0 aromatic heterocycles. The molecular formula is C10H18O3S. The van der Waals surface area contributed by atoms with Crippen molar-refractivity contribution in [2.75, 3.05) is 11.5 Å². The maximum absolute atomic E-state index is 10.5. The Morgan fingerprint density at radius 1 is 0.786 bits per heavy atom. The Hall–Kier alpha value is -0.380. The van der Waals surface area contributed by atoms with Crippen LogP contribution in [0.5, 0.6) is 0 Å². The molecule has 0 amide bonds. The molecule has 0 atom stereocenters. The molecule has 0 bridgehead atoms. The molecule has 1 aliphatic carbocycles. The standard InChI is InChI=1S/C6H10O.C4H8O2S/c7-6-4-2-1-3-5-6;5-7(6)3-1-2-4-7/h1-5H2;1-4H2. The van der Waals surface area contributed by atoms with Gasteiger partial charge in [0.2, 0.25) is 0 Å². The number of hydrogen-bond donors (Lipinski definition) is 0. The van der Waals surface area contributed by atoms with E-state index in [1.807, 2.05) is 0 Å². The summed E-state index contributed by atoms with van der Waals surface area (Å²) in [6, 6.07) is 0. The lowest BCUT2D eigenvalue weighted by atomic mass is 10.00. The van der Waals surface area contributed by atoms with Crippen LogP contribution in [-0.4, -0.2) is 25.7 Å². The molecule has 0 spiro atoms. The second kappa shape index (κ2) is 5.49. The number of sulfone groups is 1. The number of rotatable bonds is 0. The minimum atomic E-state index is -2.55. The van der Waals surface area contributed by atoms with Crippen molar-refractivity contribution in [3.63, 3.8) is 0 Å². The average Bonchev–Trinajstić information content (AvgIpc) is 2.52. The maximum Gasteiger partial charge on any atom is 0.150 e. The highest BCUT2D eigenvalue weighted by atomic mass is 32.2. The van der Waals surface area contributed by atoms with Gasteiger partial charge in [0.15, 0.2) is 0 Å². The van der Waals surface area contributed by atoms with Gasteiger partial charge in [-0.1, -0.05) is 6.42 Å². The maximum atomic E-state index is 10.5. The first kappa shape index (κ1) is 11.7. The van der Waals surface area contributed by atoms with E-state index in [0.717, 1.165) is 38.5 Å². The van der Waals surface area contributed by atoms with Crippen molar-refractivity contribution in [1.29, 1.82) is 0 Å². The van der Waals surface area contributed by atoms with Crippen LogP contribution in [-0.2, 0) is 14.6 Å². The fraction of sp³-hybridized carbons (Fsp3) is 0.900. The molecule has 1 saturated heterocycles. The molecule has 0 N–H and O–H groups in total. The minimum Gasteiger partial charge on any atom is -0.300 e. The van der Waals surface area contributed by atoms with E-state index < -0.39 is 9.84 Å². The van der Waals surface area contributed by atoms with E-state index in [0.29, 0.717) is 17.3 Å². The van der Waals surface area contributed by atoms with Gasteiger partial charge in [-0.25, -0.2) is 8.42 Å². The summed E-state index contributed by atoms with van der Waals surface area (Å²) in [6.07, 6.45) is 6.99. The van der Waals surface area contributed by atoms with Gasteiger partial charge in [-0.2, -0.15) is 0 Å². The molecule has 2 rings (SSSR count). The van der Waals surface area contributed by atoms with Gasteiger partial charge in [-0.3, -0.25) is 4.79 Å². The van der Waals surface area contributed by atoms with Gasteiger partial charge in [0, 0.05) is 12.8 Å². The lowest BCUT2D eigenvalue weighted by Crippen LogP contribution is -2.02. The predicted molar refractivity (Wildman–Crippen MR) is 56.0 cm³/mol. The van der Waals surface area contributed by atoms with Crippen molar-refractivity contribution >= 4 is 15.6 Å². The summed E-state index contributed by atoms with van der Waals surface area (Å²) in [6.45, 7) is 0. The fourth-order valence-corrected chi connectivity index (χ4v) is 3.18. The van der Waals surface area contributed by atoms with Crippen LogP contribution in [0.1, 0.15) is 44.9 Å². The van der Waals surface area contributed by atoms with Crippen molar-refractivity contribution < 1.29 is 13.2 Å². The third kappa shape index (κ3) is 4.74. The Kier molecular flexibility index (Phi) is 4.58. The monoisotopic (exact) mass is 218 g/mol. The number of carbonyl (C=O) groups is 1. The van der Waals surface area contributed by atoms with Crippen LogP contribution in [0.25, 0.3) is 0 Å². The van der Waals surface area contributed by atoms with Crippen LogP contribution in [0, 0.1) is 0 Å². The lowest BCUT2D eigenvalue weighted by Gasteiger charge is -2.05. The first-order valence-electron chi connectivity index (χ1n) is 5.32. The van der Waals surface area contributed by atoms with Crippen LogP contribution in [0.4, 0.5) is 0 Å². The van der Waals surface area contributed by atoms with Crippen molar-refractivity contribution in [3.8, 4) is 0 Å². The SMILES string of the molecule is O=C1CCCCC1.O=S1(=O)CCCC1. The Balaban J connectivity index is 0.000000140. The highest BCUT2D eigenvalue weighted by Gasteiger charge is 2.16. The Morgan fingerprint density at radius 2 is 1.29 bits per heavy atom. The molecule has 1 heterocycles. The van der Waals surface area contributed by atoms with E-state index in [4.69, 9.17) is 0 Å². The zero-order valence-electron chi connectivity index (χ0n) is 8.50. The third-order valence-corrected chi connectivity index (χ3v) is 4.39. The van der Waals surface area contributed by atoms with Crippen molar-refractivity contribution in [2.24, 2.45) is 0 Å². The normalized spacial score (nSPS) is 25.3. The summed E-state index contributed by atoms with van der Waals surface area (Å²) in [5.74, 6) is 1.31. The first-order chi connectivity index (χ1) is 6.60. The van der Waals surface area contributed by atoms with E-state index in [1.54, 1.807) is 0 Å². The number of carbonyl (C=O) groups excluding carboxylic acids is 1. The van der Waals surface area contributed by atoms with Gasteiger partial charge >= 0.3 is 0 Å². The molecule has 0 radical (unpaired) electrons. The van der Waals surface area contributed by atoms with Crippen molar-refractivity contribution in [2.45, 2.75) is 44.9 Å². The Morgan fingerprint density at radius 3 is 1.50 bits per heavy atom. The summed E-state index contributed by atoms with van der Waals surface area (Å²) in [5, 5.41) is 0. The van der Waals surface area contributed by atoms with E-state index in [9.17, 15) is 13.2 Å². The van der Waals surface area contributed by atoms with Crippen LogP contribution in [0.15, 0.2) is 0 Å². The smallest absolute Gasteiger partial charge is 0.150 e. The summed E-state index contributed by atoms with van der Waals surface area (Å²) in [5.41, 5.74) is 0. The second-order valence-electron chi connectivity index (χ2n) is 3.96. The van der Waals surface area contributed by atoms with Gasteiger partial charge in [-0.05, 0) is 25.7 Å². The van der Waals surface area contributed by atoms with Crippen LogP contribution in [0.2, 0.25) is 0 Å². The molecule has 2 aliphatic rings. The molecule has 82 valence electrons. The first-order valence-corrected chi connectivity index (χ1v) is 7.14. The summed E-state index contributed by atoms with van der Waals surface area (Å²) in [4.78, 5) is 10.5. The van der Waals surface area contributed by atoms with Gasteiger partial charge in [0.05, 0.1) is 11.5 Å². The van der Waals surface area contributed by atoms with Crippen LogP contribution in [0.3, 0.4) is 0 Å². The molecule has 2 fully saturated rings. The number of hydrogen-bond acceptors (Lipinski definition) is 3. The second-order valence-corrected chi connectivity index (χ2v) is 6.26. The topological polar surface area (TPSA) is 51.2 Å². The van der Waals surface area contributed by atoms with Crippen molar-refractivity contribution in [3.05, 3.63) is 0 Å². The van der Waals surface area contributed by atoms with Gasteiger partial charge in [-0.15, -0.1) is 0 Å². The highest BCUT2D eigenvalue weighted by Crippen LogP contribution is 2.12. The predicted octanol–water partition coefficient (Wildman–Crippen LogP) is 1.71. The average molecular weight is 218 g/mol. The molecule has 3 nitrogen and oxygen atoms in total. The van der Waals surface area contributed by atoms with Gasteiger partial charge < -0.3 is 0 Å². The molecule has 0 unspecified atom stereocenters. The van der Waals surface area contributed by atoms with E-state index in [1.165, 1.54) is 6.42 Å². The summed E-state index contributed by atoms with van der Waals surface area (Å²) >= 11 is 0. The molecular weight excluding hydrogens is 200 g/mol. The van der Waals surface area contributed by atoms with Crippen molar-refractivity contribution in [1.82, 2.24) is 0 Å². The molecule has 1 aliphatic heterocycles. The highest BCUT2D eigenvalue weighted by molar-refractivity contribution is 7.91. The quantitative estimate of drug-likeness (QED) is 0.622. The molecule has 4 heteroatoms. The molecule has 0 aromatic rings. The summed E-state index contributed by atoms with van der Waals surface area (Å²) in [7, 11) is -2.55. The Bertz CT molecular complexity index is 260. The largest absolute Gasteiger partial charge is 0.300 e. The van der Waals surface area contributed by atoms with Gasteiger partial charge in [0.1, 0.15) is 15.6 Å². The van der Waals surface area contributed by atoms with Crippen LogP contribution >= 0.6 is 0 Å². The van der Waals surface area contributed by atoms with E-state index in [2.05, 4.69) is 0 Å². The summed E-state index contributed by atoms with van der Waals surface area (Å²) < 4.78 is 20.9. The molecule has 1 saturated carbocycles. The van der Waals surface area contributed by atoms with E-state index >= 15 is 0 Å². The molecule has 14 heavy (non-hydrogen) atoms. The fourth-order valence-electron chi connectivity index (χ4n) is 1.69. The third-order valence-electron chi connectivity index (χ3n) is 2.57. The lowest BCUT2D eigenvalue weighted by molar-refractivity contribution is -0.120.